The molecular formula is C20H16N5O4. The summed E-state index contributed by atoms with van der Waals surface area (Å²) < 4.78 is 6.81. The Kier molecular flexibility index (Phi) is 4.70. The first kappa shape index (κ1) is 18.2. The number of anilines is 1. The number of rotatable bonds is 6. The van der Waals surface area contributed by atoms with Crippen LogP contribution in [0.3, 0.4) is 0 Å². The summed E-state index contributed by atoms with van der Waals surface area (Å²) in [7, 11) is 1.56. The highest BCUT2D eigenvalue weighted by molar-refractivity contribution is 5.90. The minimum absolute atomic E-state index is 0.101. The zero-order valence-corrected chi connectivity index (χ0v) is 15.3. The Morgan fingerprint density at radius 2 is 1.93 bits per heavy atom. The maximum atomic E-state index is 12.6. The molecule has 9 nitrogen and oxygen atoms in total. The molecule has 1 radical (unpaired) electrons. The molecule has 4 rings (SSSR count). The van der Waals surface area contributed by atoms with Gasteiger partial charge >= 0.3 is 12.1 Å². The fourth-order valence-electron chi connectivity index (χ4n) is 3.06. The number of imidazole rings is 1. The van der Waals surface area contributed by atoms with Crippen LogP contribution in [-0.4, -0.2) is 38.1 Å². The Bertz CT molecular complexity index is 1240. The number of ether oxygens (including phenoxy) is 1. The number of amides is 1. The number of H-pyrrole nitrogens is 1. The summed E-state index contributed by atoms with van der Waals surface area (Å²) in [5, 5.41) is 11.9. The second-order valence-corrected chi connectivity index (χ2v) is 6.20. The van der Waals surface area contributed by atoms with Gasteiger partial charge in [0.2, 0.25) is 0 Å². The molecule has 0 fully saturated rings. The third-order valence-electron chi connectivity index (χ3n) is 4.44. The van der Waals surface area contributed by atoms with Crippen molar-refractivity contribution in [3.05, 3.63) is 64.6 Å². The number of aromatic amines is 1. The lowest BCUT2D eigenvalue weighted by atomic mass is 10.2. The molecule has 3 N–H and O–H groups in total. The average Bonchev–Trinajstić information content (AvgIpc) is 3.05. The monoisotopic (exact) mass is 390 g/mol. The van der Waals surface area contributed by atoms with Gasteiger partial charge in [0.05, 0.1) is 13.7 Å². The van der Waals surface area contributed by atoms with E-state index < -0.39 is 5.69 Å². The largest absolute Gasteiger partial charge is 0.508 e. The Labute approximate surface area is 164 Å². The van der Waals surface area contributed by atoms with Crippen LogP contribution in [0.5, 0.6) is 11.5 Å². The lowest BCUT2D eigenvalue weighted by Crippen LogP contribution is -2.18. The van der Waals surface area contributed by atoms with E-state index in [2.05, 4.69) is 20.3 Å². The number of hydrogen-bond donors (Lipinski definition) is 3. The molecule has 0 aliphatic rings. The lowest BCUT2D eigenvalue weighted by Gasteiger charge is -2.10. The normalized spacial score (nSPS) is 10.8. The van der Waals surface area contributed by atoms with Crippen molar-refractivity contribution in [2.75, 3.05) is 12.4 Å². The number of para-hydroxylation sites is 1. The third kappa shape index (κ3) is 3.41. The Balaban J connectivity index is 1.91. The number of nitrogens with one attached hydrogen (secondary N) is 2. The zero-order chi connectivity index (χ0) is 20.4. The van der Waals surface area contributed by atoms with Crippen LogP contribution in [0.2, 0.25) is 0 Å². The molecule has 0 saturated carbocycles. The Hall–Kier alpha value is -4.14. The minimum Gasteiger partial charge on any atom is -0.508 e. The van der Waals surface area contributed by atoms with E-state index in [4.69, 9.17) is 4.74 Å². The number of aromatic hydroxyl groups is 1. The van der Waals surface area contributed by atoms with Gasteiger partial charge in [-0.1, -0.05) is 18.2 Å². The molecule has 0 saturated heterocycles. The zero-order valence-electron chi connectivity index (χ0n) is 15.3. The van der Waals surface area contributed by atoms with E-state index in [1.54, 1.807) is 31.7 Å². The fourth-order valence-corrected chi connectivity index (χ4v) is 3.06. The molecule has 0 atom stereocenters. The molecule has 1 amide bonds. The van der Waals surface area contributed by atoms with Crippen molar-refractivity contribution in [1.29, 1.82) is 0 Å². The number of hydrogen-bond acceptors (Lipinski definition) is 6. The average molecular weight is 390 g/mol. The second kappa shape index (κ2) is 7.47. The number of benzene rings is 2. The van der Waals surface area contributed by atoms with Gasteiger partial charge in [0.15, 0.2) is 17.3 Å². The highest BCUT2D eigenvalue weighted by Crippen LogP contribution is 2.25. The Morgan fingerprint density at radius 3 is 2.66 bits per heavy atom. The molecular weight excluding hydrogens is 374 g/mol. The summed E-state index contributed by atoms with van der Waals surface area (Å²) in [6.45, 7) is 0.207. The van der Waals surface area contributed by atoms with Crippen molar-refractivity contribution in [2.24, 2.45) is 0 Å². The first-order chi connectivity index (χ1) is 14.1. The predicted octanol–water partition coefficient (Wildman–Crippen LogP) is 2.03. The second-order valence-electron chi connectivity index (χ2n) is 6.20. The van der Waals surface area contributed by atoms with Crippen molar-refractivity contribution in [3.8, 4) is 22.9 Å². The van der Waals surface area contributed by atoms with Gasteiger partial charge in [-0.15, -0.1) is 0 Å². The molecule has 145 valence electrons. The van der Waals surface area contributed by atoms with E-state index in [0.29, 0.717) is 17.0 Å². The number of phenolic OH excluding ortho intramolecular Hbond substituents is 1. The topological polar surface area (TPSA) is 122 Å². The molecule has 0 spiro atoms. The first-order valence-corrected chi connectivity index (χ1v) is 8.65. The van der Waals surface area contributed by atoms with E-state index in [0.717, 1.165) is 5.56 Å². The van der Waals surface area contributed by atoms with Gasteiger partial charge in [-0.3, -0.25) is 9.36 Å². The summed E-state index contributed by atoms with van der Waals surface area (Å²) in [6, 6.07) is 13.6. The molecule has 2 heterocycles. The van der Waals surface area contributed by atoms with E-state index >= 15 is 0 Å². The number of phenols is 1. The molecule has 2 aromatic carbocycles. The van der Waals surface area contributed by atoms with Gasteiger partial charge in [-0.25, -0.2) is 14.8 Å². The molecule has 9 heteroatoms. The van der Waals surface area contributed by atoms with Gasteiger partial charge in [-0.2, -0.15) is 0 Å². The number of fused-ring (bicyclic) bond motifs is 1. The van der Waals surface area contributed by atoms with Crippen molar-refractivity contribution < 1.29 is 14.6 Å². The van der Waals surface area contributed by atoms with E-state index in [1.165, 1.54) is 16.7 Å². The van der Waals surface area contributed by atoms with Gasteiger partial charge < -0.3 is 20.1 Å². The molecule has 0 aliphatic heterocycles. The predicted molar refractivity (Wildman–Crippen MR) is 107 cm³/mol. The van der Waals surface area contributed by atoms with Crippen LogP contribution in [0.1, 0.15) is 5.56 Å². The molecule has 29 heavy (non-hydrogen) atoms. The number of aromatic nitrogens is 4. The lowest BCUT2D eigenvalue weighted by molar-refractivity contribution is 0.408. The summed E-state index contributed by atoms with van der Waals surface area (Å²) >= 11 is 0. The van der Waals surface area contributed by atoms with Crippen LogP contribution in [0.4, 0.5) is 5.82 Å². The van der Waals surface area contributed by atoms with Crippen molar-refractivity contribution in [1.82, 2.24) is 19.5 Å². The molecule has 0 aliphatic carbocycles. The first-order valence-electron chi connectivity index (χ1n) is 8.65. The summed E-state index contributed by atoms with van der Waals surface area (Å²) in [6.07, 6.45) is 1.58. The SMILES string of the molecule is COc1ccccc1Cn1c(=O)[nH]c2c(N[C]=O)nc(-c3ccc(O)cc3)nc21. The van der Waals surface area contributed by atoms with Crippen LogP contribution >= 0.6 is 0 Å². The molecule has 2 aromatic heterocycles. The van der Waals surface area contributed by atoms with Gasteiger partial charge in [0.25, 0.3) is 0 Å². The number of nitrogens with zero attached hydrogens (tertiary/aromatic N) is 3. The summed E-state index contributed by atoms with van der Waals surface area (Å²) in [4.78, 5) is 35.1. The summed E-state index contributed by atoms with van der Waals surface area (Å²) in [5.41, 5.74) is 1.60. The van der Waals surface area contributed by atoms with Crippen LogP contribution in [-0.2, 0) is 11.3 Å². The van der Waals surface area contributed by atoms with Gasteiger partial charge in [0, 0.05) is 11.1 Å². The Morgan fingerprint density at radius 1 is 1.17 bits per heavy atom. The highest BCUT2D eigenvalue weighted by atomic mass is 16.5. The third-order valence-corrected chi connectivity index (χ3v) is 4.44. The smallest absolute Gasteiger partial charge is 0.328 e. The van der Waals surface area contributed by atoms with Crippen LogP contribution < -0.4 is 15.7 Å². The number of methoxy groups -OCH3 is 1. The van der Waals surface area contributed by atoms with Crippen LogP contribution in [0.25, 0.3) is 22.6 Å². The van der Waals surface area contributed by atoms with Crippen molar-refractivity contribution in [2.45, 2.75) is 6.54 Å². The van der Waals surface area contributed by atoms with Crippen molar-refractivity contribution in [3.63, 3.8) is 0 Å². The molecule has 4 aromatic rings. The van der Waals surface area contributed by atoms with Gasteiger partial charge in [-0.05, 0) is 30.3 Å². The van der Waals surface area contributed by atoms with E-state index in [9.17, 15) is 14.7 Å². The standard InChI is InChI=1S/C20H16N5O4/c1-29-15-5-3-2-4-13(15)10-25-19-16(22-20(25)28)18(21-11-26)23-17(24-19)12-6-8-14(27)9-7-12/h2-9,27H,10H2,1H3,(H,22,28)(H,21,23,24,26). The maximum Gasteiger partial charge on any atom is 0.328 e. The highest BCUT2D eigenvalue weighted by Gasteiger charge is 2.17. The van der Waals surface area contributed by atoms with E-state index in [1.807, 2.05) is 18.2 Å². The molecule has 0 bridgehead atoms. The molecule has 0 unspecified atom stereocenters. The van der Waals surface area contributed by atoms with Crippen LogP contribution in [0.15, 0.2) is 53.3 Å². The van der Waals surface area contributed by atoms with Gasteiger partial charge in [0.1, 0.15) is 17.0 Å². The quantitative estimate of drug-likeness (QED) is 0.433. The minimum atomic E-state index is -0.406. The maximum absolute atomic E-state index is 12.6. The van der Waals surface area contributed by atoms with E-state index in [-0.39, 0.29) is 29.5 Å². The fraction of sp³-hybridized carbons (Fsp3) is 0.100. The summed E-state index contributed by atoms with van der Waals surface area (Å²) in [5.74, 6) is 1.15. The number of carbonyl (C=O) groups excluding carboxylic acids is 1. The van der Waals surface area contributed by atoms with Crippen molar-refractivity contribution >= 4 is 23.4 Å². The van der Waals surface area contributed by atoms with Crippen LogP contribution in [0, 0.1) is 0 Å².